The number of fused-ring (bicyclic) bond motifs is 1. The second-order valence-electron chi connectivity index (χ2n) is 4.62. The molecule has 19 heavy (non-hydrogen) atoms. The highest BCUT2D eigenvalue weighted by Gasteiger charge is 2.44. The van der Waals surface area contributed by atoms with Crippen LogP contribution in [0.15, 0.2) is 23.1 Å². The lowest BCUT2D eigenvalue weighted by atomic mass is 10.2. The average molecular weight is 292 g/mol. The molecular formula is C11H11F3N2O2S. The lowest BCUT2D eigenvalue weighted by Gasteiger charge is -2.37. The van der Waals surface area contributed by atoms with E-state index in [1.807, 2.05) is 0 Å². The summed E-state index contributed by atoms with van der Waals surface area (Å²) in [4.78, 5) is 1.22. The Labute approximate surface area is 108 Å². The van der Waals surface area contributed by atoms with Crippen molar-refractivity contribution < 1.29 is 21.6 Å². The first-order valence-electron chi connectivity index (χ1n) is 5.77. The number of anilines is 1. The number of hydrogen-bond donors (Lipinski definition) is 0. The molecule has 1 aromatic carbocycles. The largest absolute Gasteiger partial charge is 0.353 e. The predicted octanol–water partition coefficient (Wildman–Crippen LogP) is 1.98. The van der Waals surface area contributed by atoms with Gasteiger partial charge in [0.15, 0.2) is 0 Å². The van der Waals surface area contributed by atoms with Gasteiger partial charge < -0.3 is 4.90 Å². The summed E-state index contributed by atoms with van der Waals surface area (Å²) in [5.74, 6) is -0.755. The highest BCUT2D eigenvalue weighted by molar-refractivity contribution is 7.89. The molecule has 1 aromatic rings. The van der Waals surface area contributed by atoms with Gasteiger partial charge in [0.25, 0.3) is 10.0 Å². The topological polar surface area (TPSA) is 40.6 Å². The van der Waals surface area contributed by atoms with Crippen molar-refractivity contribution in [1.29, 1.82) is 0 Å². The molecule has 2 aliphatic rings. The van der Waals surface area contributed by atoms with E-state index in [0.717, 1.165) is 25.0 Å². The van der Waals surface area contributed by atoms with E-state index in [4.69, 9.17) is 0 Å². The molecule has 1 saturated carbocycles. The van der Waals surface area contributed by atoms with Crippen LogP contribution in [0, 0.1) is 5.82 Å². The summed E-state index contributed by atoms with van der Waals surface area (Å²) in [6.45, 7) is -3.52. The smallest absolute Gasteiger partial charge is 0.309 e. The number of alkyl halides is 2. The summed E-state index contributed by atoms with van der Waals surface area (Å²) < 4.78 is 63.2. The minimum absolute atomic E-state index is 0.0564. The van der Waals surface area contributed by atoms with Gasteiger partial charge in [0, 0.05) is 6.04 Å². The molecule has 0 saturated heterocycles. The van der Waals surface area contributed by atoms with Gasteiger partial charge in [-0.2, -0.15) is 8.78 Å². The molecule has 0 spiro atoms. The highest BCUT2D eigenvalue weighted by Crippen LogP contribution is 2.41. The fourth-order valence-corrected chi connectivity index (χ4v) is 3.68. The summed E-state index contributed by atoms with van der Waals surface area (Å²) in [7, 11) is -4.34. The first-order valence-corrected chi connectivity index (χ1v) is 7.21. The van der Waals surface area contributed by atoms with Gasteiger partial charge in [-0.1, -0.05) is 0 Å². The fourth-order valence-electron chi connectivity index (χ4n) is 2.23. The maximum Gasteiger partial charge on any atom is 0.309 e. The zero-order valence-corrected chi connectivity index (χ0v) is 10.6. The van der Waals surface area contributed by atoms with Crippen LogP contribution in [0.4, 0.5) is 18.9 Å². The van der Waals surface area contributed by atoms with E-state index in [0.29, 0.717) is 5.69 Å². The normalized spacial score (nSPS) is 22.6. The van der Waals surface area contributed by atoms with Crippen molar-refractivity contribution in [2.75, 3.05) is 11.6 Å². The molecule has 1 aliphatic heterocycles. The van der Waals surface area contributed by atoms with E-state index in [9.17, 15) is 21.6 Å². The van der Waals surface area contributed by atoms with Crippen LogP contribution in [-0.2, 0) is 10.0 Å². The third kappa shape index (κ3) is 1.99. The van der Waals surface area contributed by atoms with Gasteiger partial charge in [0.05, 0.1) is 12.4 Å². The predicted molar refractivity (Wildman–Crippen MR) is 61.8 cm³/mol. The van der Waals surface area contributed by atoms with Crippen molar-refractivity contribution in [2.45, 2.75) is 30.3 Å². The highest BCUT2D eigenvalue weighted by atomic mass is 32.2. The number of sulfonamides is 1. The number of rotatable bonds is 2. The van der Waals surface area contributed by atoms with E-state index in [-0.39, 0.29) is 21.9 Å². The molecule has 8 heteroatoms. The first kappa shape index (κ1) is 12.7. The Morgan fingerprint density at radius 2 is 1.95 bits per heavy atom. The Balaban J connectivity index is 2.17. The molecule has 4 nitrogen and oxygen atoms in total. The minimum atomic E-state index is -4.34. The Morgan fingerprint density at radius 1 is 1.26 bits per heavy atom. The van der Waals surface area contributed by atoms with Crippen molar-refractivity contribution in [1.82, 2.24) is 4.31 Å². The number of hydrogen-bond acceptors (Lipinski definition) is 3. The Hall–Kier alpha value is -1.28. The van der Waals surface area contributed by atoms with Crippen LogP contribution in [0.25, 0.3) is 0 Å². The second kappa shape index (κ2) is 4.11. The number of nitrogens with zero attached hydrogens (tertiary/aromatic N) is 2. The average Bonchev–Trinajstić information content (AvgIpc) is 3.13. The van der Waals surface area contributed by atoms with E-state index < -0.39 is 22.4 Å². The Bertz CT molecular complexity index is 616. The Morgan fingerprint density at radius 3 is 2.53 bits per heavy atom. The zero-order chi connectivity index (χ0) is 13.8. The van der Waals surface area contributed by atoms with Crippen LogP contribution < -0.4 is 4.90 Å². The van der Waals surface area contributed by atoms with Gasteiger partial charge in [0.1, 0.15) is 10.7 Å². The molecule has 3 rings (SSSR count). The molecule has 104 valence electrons. The van der Waals surface area contributed by atoms with Crippen LogP contribution >= 0.6 is 0 Å². The zero-order valence-electron chi connectivity index (χ0n) is 9.76. The summed E-state index contributed by atoms with van der Waals surface area (Å²) in [5.41, 5.74) is 0.306. The summed E-state index contributed by atoms with van der Waals surface area (Å²) in [5, 5.41) is 0. The maximum absolute atomic E-state index is 13.2. The monoisotopic (exact) mass is 292 g/mol. The molecule has 0 bridgehead atoms. The second-order valence-corrected chi connectivity index (χ2v) is 6.48. The maximum atomic E-state index is 13.2. The third-order valence-electron chi connectivity index (χ3n) is 3.32. The molecular weight excluding hydrogens is 281 g/mol. The van der Waals surface area contributed by atoms with Gasteiger partial charge in [-0.05, 0) is 31.0 Å². The first-order chi connectivity index (χ1) is 8.91. The van der Waals surface area contributed by atoms with Crippen molar-refractivity contribution in [3.05, 3.63) is 24.0 Å². The molecule has 0 radical (unpaired) electrons. The van der Waals surface area contributed by atoms with Gasteiger partial charge in [-0.25, -0.2) is 12.8 Å². The van der Waals surface area contributed by atoms with E-state index >= 15 is 0 Å². The number of halogens is 3. The van der Waals surface area contributed by atoms with Crippen molar-refractivity contribution in [3.63, 3.8) is 0 Å². The quantitative estimate of drug-likeness (QED) is 0.783. The summed E-state index contributed by atoms with van der Waals surface area (Å²) in [6.07, 6.45) is 1.65. The van der Waals surface area contributed by atoms with E-state index in [1.54, 1.807) is 4.90 Å². The molecule has 0 unspecified atom stereocenters. The molecule has 0 aromatic heterocycles. The fraction of sp³-hybridized carbons (Fsp3) is 0.455. The van der Waals surface area contributed by atoms with Crippen LogP contribution in [0.3, 0.4) is 0 Å². The SMILES string of the molecule is O=S1(=O)c2cc(F)ccc2N(C2CC2)CN1C(F)F. The van der Waals surface area contributed by atoms with Gasteiger partial charge in [-0.15, -0.1) is 4.31 Å². The molecule has 0 N–H and O–H groups in total. The molecule has 1 heterocycles. The molecule has 1 aliphatic carbocycles. The van der Waals surface area contributed by atoms with Crippen LogP contribution in [0.2, 0.25) is 0 Å². The van der Waals surface area contributed by atoms with E-state index in [2.05, 4.69) is 0 Å². The molecule has 0 amide bonds. The van der Waals surface area contributed by atoms with Gasteiger partial charge in [-0.3, -0.25) is 0 Å². The summed E-state index contributed by atoms with van der Waals surface area (Å²) in [6, 6.07) is 3.33. The standard InChI is InChI=1S/C11H11F3N2O2S/c12-7-1-4-9-10(5-7)19(17,18)16(11(13)14)6-15(9)8-2-3-8/h1,4-5,8,11H,2-3,6H2. The number of benzene rings is 1. The molecule has 1 fully saturated rings. The third-order valence-corrected chi connectivity index (χ3v) is 5.09. The Kier molecular flexibility index (Phi) is 2.75. The lowest BCUT2D eigenvalue weighted by Crippen LogP contribution is -2.49. The van der Waals surface area contributed by atoms with E-state index in [1.165, 1.54) is 6.07 Å². The van der Waals surface area contributed by atoms with Crippen molar-refractivity contribution >= 4 is 15.7 Å². The van der Waals surface area contributed by atoms with Crippen molar-refractivity contribution in [2.24, 2.45) is 0 Å². The molecule has 0 atom stereocenters. The van der Waals surface area contributed by atoms with Crippen molar-refractivity contribution in [3.8, 4) is 0 Å². The lowest BCUT2D eigenvalue weighted by molar-refractivity contribution is 0.0297. The summed E-state index contributed by atoms with van der Waals surface area (Å²) >= 11 is 0. The van der Waals surface area contributed by atoms with Gasteiger partial charge >= 0.3 is 6.55 Å². The minimum Gasteiger partial charge on any atom is -0.353 e. The van der Waals surface area contributed by atoms with Crippen LogP contribution in [-0.4, -0.2) is 32.0 Å². The van der Waals surface area contributed by atoms with Crippen LogP contribution in [0.1, 0.15) is 12.8 Å². The van der Waals surface area contributed by atoms with Crippen LogP contribution in [0.5, 0.6) is 0 Å². The van der Waals surface area contributed by atoms with Gasteiger partial charge in [0.2, 0.25) is 0 Å².